The van der Waals surface area contributed by atoms with Crippen LogP contribution in [0.5, 0.6) is 0 Å². The van der Waals surface area contributed by atoms with Crippen LogP contribution in [-0.2, 0) is 10.0 Å². The zero-order valence-electron chi connectivity index (χ0n) is 10.6. The molecule has 0 bridgehead atoms. The van der Waals surface area contributed by atoms with E-state index in [1.807, 2.05) is 6.26 Å². The number of anilines is 1. The van der Waals surface area contributed by atoms with Gasteiger partial charge in [0, 0.05) is 10.5 Å². The molecule has 0 aliphatic heterocycles. The topological polar surface area (TPSA) is 72.2 Å². The van der Waals surface area contributed by atoms with Crippen molar-refractivity contribution in [2.45, 2.75) is 24.3 Å². The van der Waals surface area contributed by atoms with Gasteiger partial charge < -0.3 is 5.73 Å². The predicted molar refractivity (Wildman–Crippen MR) is 81.3 cm³/mol. The van der Waals surface area contributed by atoms with Crippen molar-refractivity contribution >= 4 is 43.4 Å². The molecule has 4 nitrogen and oxygen atoms in total. The maximum absolute atomic E-state index is 13.2. The number of hydrogen-bond donors (Lipinski definition) is 2. The van der Waals surface area contributed by atoms with Crippen LogP contribution in [0.4, 0.5) is 10.1 Å². The maximum atomic E-state index is 13.2. The first kappa shape index (κ1) is 16.7. The molecule has 1 unspecified atom stereocenters. The maximum Gasteiger partial charge on any atom is 0.242 e. The summed E-state index contributed by atoms with van der Waals surface area (Å²) in [6.07, 6.45) is 2.67. The third-order valence-electron chi connectivity index (χ3n) is 2.45. The molecule has 1 rings (SSSR count). The highest BCUT2D eigenvalue weighted by Gasteiger charge is 2.21. The first-order chi connectivity index (χ1) is 8.77. The summed E-state index contributed by atoms with van der Waals surface area (Å²) < 4.78 is 40.2. The third-order valence-corrected chi connectivity index (χ3v) is 5.64. The Morgan fingerprint density at radius 1 is 1.53 bits per heavy atom. The van der Waals surface area contributed by atoms with E-state index in [0.29, 0.717) is 6.42 Å². The van der Waals surface area contributed by atoms with Gasteiger partial charge in [-0.05, 0) is 53.4 Å². The monoisotopic (exact) mass is 370 g/mol. The minimum Gasteiger partial charge on any atom is -0.396 e. The molecule has 0 amide bonds. The zero-order valence-corrected chi connectivity index (χ0v) is 13.8. The Morgan fingerprint density at radius 2 is 2.16 bits per heavy atom. The van der Waals surface area contributed by atoms with Crippen molar-refractivity contribution in [3.05, 3.63) is 22.4 Å². The molecule has 19 heavy (non-hydrogen) atoms. The molecule has 0 aliphatic carbocycles. The standard InChI is InChI=1S/C11H16BrFN2O2S2/c1-7(3-4-18-2)15-19(16,17)11-6-10(14)9(13)5-8(11)12/h5-7,15H,3-4,14H2,1-2H3. The summed E-state index contributed by atoms with van der Waals surface area (Å²) in [6.45, 7) is 1.79. The van der Waals surface area contributed by atoms with Gasteiger partial charge in [0.15, 0.2) is 0 Å². The van der Waals surface area contributed by atoms with Gasteiger partial charge in [0.05, 0.1) is 10.6 Å². The number of halogens is 2. The van der Waals surface area contributed by atoms with Gasteiger partial charge in [-0.15, -0.1) is 0 Å². The van der Waals surface area contributed by atoms with Crippen LogP contribution < -0.4 is 10.5 Å². The first-order valence-electron chi connectivity index (χ1n) is 5.53. The average molecular weight is 371 g/mol. The van der Waals surface area contributed by atoms with Crippen LogP contribution in [-0.4, -0.2) is 26.5 Å². The van der Waals surface area contributed by atoms with Crippen LogP contribution in [0.2, 0.25) is 0 Å². The second-order valence-corrected chi connectivity index (χ2v) is 7.63. The Bertz CT molecular complexity index is 552. The fourth-order valence-electron chi connectivity index (χ4n) is 1.43. The normalized spacial score (nSPS) is 13.5. The Morgan fingerprint density at radius 3 is 2.74 bits per heavy atom. The summed E-state index contributed by atoms with van der Waals surface area (Å²) in [4.78, 5) is -0.0533. The van der Waals surface area contributed by atoms with Crippen molar-refractivity contribution in [1.29, 1.82) is 0 Å². The summed E-state index contributed by atoms with van der Waals surface area (Å²) >= 11 is 4.69. The van der Waals surface area contributed by atoms with E-state index in [-0.39, 0.29) is 21.1 Å². The van der Waals surface area contributed by atoms with Gasteiger partial charge in [-0.25, -0.2) is 17.5 Å². The second-order valence-electron chi connectivity index (χ2n) is 4.11. The smallest absolute Gasteiger partial charge is 0.242 e. The highest BCUT2D eigenvalue weighted by atomic mass is 79.9. The number of benzene rings is 1. The SMILES string of the molecule is CSCCC(C)NS(=O)(=O)c1cc(N)c(F)cc1Br. The minimum absolute atomic E-state index is 0.0533. The number of thioether (sulfide) groups is 1. The molecule has 0 saturated carbocycles. The number of nitrogens with two attached hydrogens (primary N) is 1. The molecule has 0 fully saturated rings. The van der Waals surface area contributed by atoms with Gasteiger partial charge in [0.1, 0.15) is 5.82 Å². The molecule has 8 heteroatoms. The van der Waals surface area contributed by atoms with Gasteiger partial charge >= 0.3 is 0 Å². The Labute approximate surface area is 125 Å². The third kappa shape index (κ3) is 4.62. The summed E-state index contributed by atoms with van der Waals surface area (Å²) in [5, 5.41) is 0. The molecular formula is C11H16BrFN2O2S2. The molecule has 1 aromatic rings. The van der Waals surface area contributed by atoms with E-state index >= 15 is 0 Å². The Hall–Kier alpha value is -0.310. The van der Waals surface area contributed by atoms with Gasteiger partial charge in [-0.1, -0.05) is 0 Å². The lowest BCUT2D eigenvalue weighted by Gasteiger charge is -2.15. The van der Waals surface area contributed by atoms with Crippen LogP contribution >= 0.6 is 27.7 Å². The molecule has 0 saturated heterocycles. The van der Waals surface area contributed by atoms with Crippen LogP contribution in [0, 0.1) is 5.82 Å². The number of rotatable bonds is 6. The number of sulfonamides is 1. The van der Waals surface area contributed by atoms with E-state index in [2.05, 4.69) is 20.7 Å². The van der Waals surface area contributed by atoms with Crippen molar-refractivity contribution in [2.75, 3.05) is 17.7 Å². The van der Waals surface area contributed by atoms with Crippen molar-refractivity contribution in [3.63, 3.8) is 0 Å². The van der Waals surface area contributed by atoms with Crippen LogP contribution in [0.15, 0.2) is 21.5 Å². The molecule has 0 aromatic heterocycles. The highest BCUT2D eigenvalue weighted by molar-refractivity contribution is 9.10. The first-order valence-corrected chi connectivity index (χ1v) is 9.20. The van der Waals surface area contributed by atoms with Crippen LogP contribution in [0.25, 0.3) is 0 Å². The van der Waals surface area contributed by atoms with Gasteiger partial charge in [-0.2, -0.15) is 11.8 Å². The van der Waals surface area contributed by atoms with Crippen LogP contribution in [0.1, 0.15) is 13.3 Å². The highest BCUT2D eigenvalue weighted by Crippen LogP contribution is 2.26. The molecule has 0 heterocycles. The molecule has 0 aliphatic rings. The van der Waals surface area contributed by atoms with Crippen molar-refractivity contribution < 1.29 is 12.8 Å². The van der Waals surface area contributed by atoms with E-state index in [1.165, 1.54) is 0 Å². The number of nitrogen functional groups attached to an aromatic ring is 1. The van der Waals surface area contributed by atoms with E-state index in [9.17, 15) is 12.8 Å². The summed E-state index contributed by atoms with van der Waals surface area (Å²) in [6, 6.07) is 1.97. The molecule has 1 aromatic carbocycles. The predicted octanol–water partition coefficient (Wildman–Crippen LogP) is 2.59. The minimum atomic E-state index is -3.71. The summed E-state index contributed by atoms with van der Waals surface area (Å²) in [5.41, 5.74) is 5.21. The lowest BCUT2D eigenvalue weighted by Crippen LogP contribution is -2.33. The molecule has 108 valence electrons. The summed E-state index contributed by atoms with van der Waals surface area (Å²) in [5.74, 6) is 0.206. The van der Waals surface area contributed by atoms with Crippen molar-refractivity contribution in [3.8, 4) is 0 Å². The van der Waals surface area contributed by atoms with Crippen molar-refractivity contribution in [1.82, 2.24) is 4.72 Å². The fraction of sp³-hybridized carbons (Fsp3) is 0.455. The van der Waals surface area contributed by atoms with Crippen molar-refractivity contribution in [2.24, 2.45) is 0 Å². The van der Waals surface area contributed by atoms with Crippen LogP contribution in [0.3, 0.4) is 0 Å². The average Bonchev–Trinajstić information content (AvgIpc) is 2.30. The second kappa shape index (κ2) is 6.92. The zero-order chi connectivity index (χ0) is 14.6. The van der Waals surface area contributed by atoms with E-state index < -0.39 is 15.8 Å². The van der Waals surface area contributed by atoms with E-state index in [1.54, 1.807) is 18.7 Å². The Kier molecular flexibility index (Phi) is 6.10. The molecule has 0 radical (unpaired) electrons. The molecule has 0 spiro atoms. The van der Waals surface area contributed by atoms with E-state index in [4.69, 9.17) is 5.73 Å². The number of hydrogen-bond acceptors (Lipinski definition) is 4. The lowest BCUT2D eigenvalue weighted by atomic mass is 10.3. The van der Waals surface area contributed by atoms with Gasteiger partial charge in [0.2, 0.25) is 10.0 Å². The quantitative estimate of drug-likeness (QED) is 0.754. The van der Waals surface area contributed by atoms with Gasteiger partial charge in [-0.3, -0.25) is 0 Å². The summed E-state index contributed by atoms with van der Waals surface area (Å²) in [7, 11) is -3.71. The fourth-order valence-corrected chi connectivity index (χ4v) is 4.35. The Balaban J connectivity index is 2.98. The largest absolute Gasteiger partial charge is 0.396 e. The molecule has 1 atom stereocenters. The number of nitrogens with one attached hydrogen (secondary N) is 1. The van der Waals surface area contributed by atoms with Gasteiger partial charge in [0.25, 0.3) is 0 Å². The molecule has 3 N–H and O–H groups in total. The lowest BCUT2D eigenvalue weighted by molar-refractivity contribution is 0.556. The molecular weight excluding hydrogens is 355 g/mol. The van der Waals surface area contributed by atoms with E-state index in [0.717, 1.165) is 17.9 Å².